The summed E-state index contributed by atoms with van der Waals surface area (Å²) in [5.74, 6) is -1.94. The van der Waals surface area contributed by atoms with E-state index in [1.54, 1.807) is 44.2 Å². The van der Waals surface area contributed by atoms with E-state index in [4.69, 9.17) is 14.6 Å². The summed E-state index contributed by atoms with van der Waals surface area (Å²) in [5.41, 5.74) is 4.29. The third-order valence-electron chi connectivity index (χ3n) is 5.32. The van der Waals surface area contributed by atoms with Crippen LogP contribution in [-0.4, -0.2) is 36.0 Å². The summed E-state index contributed by atoms with van der Waals surface area (Å²) in [4.78, 5) is 36.9. The number of Topliss-reactive ketones (excluding diaryl/α,β-unsaturated/α-hetero) is 1. The lowest BCUT2D eigenvalue weighted by Gasteiger charge is -2.29. The molecule has 1 atom stereocenters. The lowest BCUT2D eigenvalue weighted by atomic mass is 9.80. The second kappa shape index (κ2) is 8.10. The van der Waals surface area contributed by atoms with Gasteiger partial charge in [-0.2, -0.15) is 0 Å². The van der Waals surface area contributed by atoms with Crippen molar-refractivity contribution in [2.75, 3.05) is 13.2 Å². The molecule has 1 aliphatic heterocycles. The zero-order valence-corrected chi connectivity index (χ0v) is 17.1. The molecule has 2 aromatic carbocycles. The van der Waals surface area contributed by atoms with Crippen molar-refractivity contribution in [2.24, 2.45) is 0 Å². The summed E-state index contributed by atoms with van der Waals surface area (Å²) in [6, 6.07) is 14.1. The Morgan fingerprint density at radius 2 is 1.74 bits per heavy atom. The molecule has 158 valence electrons. The number of carbonyl (C=O) groups excluding carboxylic acids is 2. The molecule has 0 saturated heterocycles. The van der Waals surface area contributed by atoms with E-state index in [0.29, 0.717) is 39.4 Å². The predicted molar refractivity (Wildman–Crippen MR) is 112 cm³/mol. The van der Waals surface area contributed by atoms with Crippen LogP contribution in [-0.2, 0) is 14.3 Å². The number of ketones is 1. The Morgan fingerprint density at radius 1 is 1.06 bits per heavy atom. The van der Waals surface area contributed by atoms with Crippen molar-refractivity contribution >= 4 is 23.4 Å². The number of carboxylic acid groups (broad SMARTS) is 1. The van der Waals surface area contributed by atoms with E-state index in [0.717, 1.165) is 5.56 Å². The van der Waals surface area contributed by atoms with E-state index in [1.165, 1.54) is 0 Å². The Hall–Kier alpha value is -3.87. The fourth-order valence-electron chi connectivity index (χ4n) is 4.04. The average molecular weight is 419 g/mol. The number of rotatable bonds is 6. The normalized spacial score (nSPS) is 17.1. The number of carbonyl (C=O) groups is 3. The number of carboxylic acids is 1. The molecule has 2 N–H and O–H groups in total. The number of hydrogen-bond donors (Lipinski definition) is 2. The summed E-state index contributed by atoms with van der Waals surface area (Å²) >= 11 is 0. The summed E-state index contributed by atoms with van der Waals surface area (Å²) in [5, 5.41) is 12.0. The smallest absolute Gasteiger partial charge is 0.341 e. The van der Waals surface area contributed by atoms with Gasteiger partial charge < -0.3 is 19.9 Å². The Morgan fingerprint density at radius 3 is 2.39 bits per heavy atom. The Kier molecular flexibility index (Phi) is 5.33. The van der Waals surface area contributed by atoms with E-state index >= 15 is 0 Å². The molecule has 0 unspecified atom stereocenters. The number of allylic oxidation sites excluding steroid dienone is 2. The number of fused-ring (bicyclic) bond motifs is 2. The van der Waals surface area contributed by atoms with Crippen molar-refractivity contribution in [3.8, 4) is 5.75 Å². The molecule has 7 nitrogen and oxygen atoms in total. The van der Waals surface area contributed by atoms with Crippen LogP contribution in [0.15, 0.2) is 65.4 Å². The molecule has 2 aliphatic rings. The van der Waals surface area contributed by atoms with Crippen LogP contribution in [0.1, 0.15) is 41.3 Å². The first kappa shape index (κ1) is 20.4. The Bertz CT molecular complexity index is 1140. The molecule has 7 heteroatoms. The van der Waals surface area contributed by atoms with Gasteiger partial charge in [-0.15, -0.1) is 0 Å². The molecular formula is C24H21NO6. The maximum absolute atomic E-state index is 13.3. The zero-order valence-electron chi connectivity index (χ0n) is 17.1. The van der Waals surface area contributed by atoms with Gasteiger partial charge in [-0.1, -0.05) is 36.4 Å². The van der Waals surface area contributed by atoms with Crippen molar-refractivity contribution in [3.05, 3.63) is 82.1 Å². The SMILES string of the molecule is CCOC(=O)C1=C(C)NC2=C(C(=O)c3ccccc32)[C@H]1c1ccc(OCC(=O)O)cc1. The molecule has 0 bridgehead atoms. The van der Waals surface area contributed by atoms with Crippen LogP contribution in [0, 0.1) is 0 Å². The minimum atomic E-state index is -1.07. The fraction of sp³-hybridized carbons (Fsp3) is 0.208. The second-order valence-electron chi connectivity index (χ2n) is 7.23. The van der Waals surface area contributed by atoms with Gasteiger partial charge >= 0.3 is 11.9 Å². The molecule has 0 radical (unpaired) electrons. The predicted octanol–water partition coefficient (Wildman–Crippen LogP) is 3.28. The standard InChI is InChI=1S/C24H21NO6/c1-3-30-24(29)19-13(2)25-22-16-6-4-5-7-17(16)23(28)21(22)20(19)14-8-10-15(11-9-14)31-12-18(26)27/h4-11,20,25H,3,12H2,1-2H3,(H,26,27)/t20-/m0/s1. The van der Waals surface area contributed by atoms with Crippen LogP contribution in [0.25, 0.3) is 5.70 Å². The van der Waals surface area contributed by atoms with Gasteiger partial charge in [-0.05, 0) is 31.5 Å². The van der Waals surface area contributed by atoms with Gasteiger partial charge in [0.25, 0.3) is 0 Å². The van der Waals surface area contributed by atoms with Gasteiger partial charge in [0.1, 0.15) is 5.75 Å². The molecule has 0 fully saturated rings. The summed E-state index contributed by atoms with van der Waals surface area (Å²) in [6.45, 7) is 3.28. The van der Waals surface area contributed by atoms with Crippen molar-refractivity contribution in [2.45, 2.75) is 19.8 Å². The highest BCUT2D eigenvalue weighted by molar-refractivity contribution is 6.23. The highest BCUT2D eigenvalue weighted by atomic mass is 16.5. The van der Waals surface area contributed by atoms with Crippen LogP contribution < -0.4 is 10.1 Å². The monoisotopic (exact) mass is 419 g/mol. The number of aliphatic carboxylic acids is 1. The first-order valence-electron chi connectivity index (χ1n) is 9.90. The number of benzene rings is 2. The largest absolute Gasteiger partial charge is 0.482 e. The molecule has 4 rings (SSSR count). The number of dihydropyridines is 1. The minimum absolute atomic E-state index is 0.136. The molecule has 1 heterocycles. The number of ether oxygens (including phenoxy) is 2. The van der Waals surface area contributed by atoms with Crippen LogP contribution in [0.5, 0.6) is 5.75 Å². The van der Waals surface area contributed by atoms with Gasteiger partial charge in [0.2, 0.25) is 0 Å². The van der Waals surface area contributed by atoms with E-state index in [2.05, 4.69) is 5.32 Å². The van der Waals surface area contributed by atoms with Crippen molar-refractivity contribution in [3.63, 3.8) is 0 Å². The molecule has 0 saturated carbocycles. The maximum Gasteiger partial charge on any atom is 0.341 e. The minimum Gasteiger partial charge on any atom is -0.482 e. The zero-order chi connectivity index (χ0) is 22.1. The maximum atomic E-state index is 13.3. The number of esters is 1. The highest BCUT2D eigenvalue weighted by Gasteiger charge is 2.42. The summed E-state index contributed by atoms with van der Waals surface area (Å²) in [6.07, 6.45) is 0. The van der Waals surface area contributed by atoms with E-state index in [9.17, 15) is 14.4 Å². The third kappa shape index (κ3) is 3.59. The van der Waals surface area contributed by atoms with E-state index in [1.807, 2.05) is 18.2 Å². The van der Waals surface area contributed by atoms with E-state index in [-0.39, 0.29) is 12.4 Å². The summed E-state index contributed by atoms with van der Waals surface area (Å²) in [7, 11) is 0. The van der Waals surface area contributed by atoms with Crippen molar-refractivity contribution < 1.29 is 29.0 Å². The highest BCUT2D eigenvalue weighted by Crippen LogP contribution is 2.46. The molecule has 0 spiro atoms. The van der Waals surface area contributed by atoms with Gasteiger partial charge in [-0.3, -0.25) is 4.79 Å². The van der Waals surface area contributed by atoms with Crippen LogP contribution in [0.3, 0.4) is 0 Å². The first-order chi connectivity index (χ1) is 14.9. The van der Waals surface area contributed by atoms with Gasteiger partial charge in [0.15, 0.2) is 12.4 Å². The van der Waals surface area contributed by atoms with Gasteiger partial charge in [0, 0.05) is 28.3 Å². The van der Waals surface area contributed by atoms with Crippen molar-refractivity contribution in [1.82, 2.24) is 5.32 Å². The van der Waals surface area contributed by atoms with Crippen LogP contribution >= 0.6 is 0 Å². The first-order valence-corrected chi connectivity index (χ1v) is 9.90. The van der Waals surface area contributed by atoms with Gasteiger partial charge in [0.05, 0.1) is 17.9 Å². The second-order valence-corrected chi connectivity index (χ2v) is 7.23. The molecule has 0 aromatic heterocycles. The lowest BCUT2D eigenvalue weighted by Crippen LogP contribution is -2.29. The molecule has 2 aromatic rings. The fourth-order valence-corrected chi connectivity index (χ4v) is 4.04. The lowest BCUT2D eigenvalue weighted by molar-refractivity contribution is -0.140. The molecular weight excluding hydrogens is 398 g/mol. The Balaban J connectivity index is 1.80. The average Bonchev–Trinajstić information content (AvgIpc) is 3.04. The van der Waals surface area contributed by atoms with Crippen LogP contribution in [0.2, 0.25) is 0 Å². The summed E-state index contributed by atoms with van der Waals surface area (Å²) < 4.78 is 10.5. The van der Waals surface area contributed by atoms with Crippen molar-refractivity contribution in [1.29, 1.82) is 0 Å². The number of hydrogen-bond acceptors (Lipinski definition) is 6. The Labute approximate surface area is 179 Å². The topological polar surface area (TPSA) is 102 Å². The quantitative estimate of drug-likeness (QED) is 0.693. The van der Waals surface area contributed by atoms with Crippen LogP contribution in [0.4, 0.5) is 0 Å². The third-order valence-corrected chi connectivity index (χ3v) is 5.32. The molecule has 31 heavy (non-hydrogen) atoms. The van der Waals surface area contributed by atoms with Gasteiger partial charge in [-0.25, -0.2) is 9.59 Å². The molecule has 0 amide bonds. The van der Waals surface area contributed by atoms with E-state index < -0.39 is 24.5 Å². The number of nitrogens with one attached hydrogen (secondary N) is 1. The molecule has 1 aliphatic carbocycles.